The van der Waals surface area contributed by atoms with Gasteiger partial charge in [-0.3, -0.25) is 4.84 Å². The molecule has 1 N–H and O–H groups in total. The average Bonchev–Trinajstić information content (AvgIpc) is 2.18. The highest BCUT2D eigenvalue weighted by Crippen LogP contribution is 2.15. The molecule has 0 aromatic rings. The summed E-state index contributed by atoms with van der Waals surface area (Å²) in [5.41, 5.74) is 2.82. The lowest BCUT2D eigenvalue weighted by Crippen LogP contribution is -2.32. The van der Waals surface area contributed by atoms with Crippen molar-refractivity contribution >= 4 is 6.09 Å². The lowest BCUT2D eigenvalue weighted by atomic mass is 9.99. The predicted octanol–water partition coefficient (Wildman–Crippen LogP) is 2.97. The van der Waals surface area contributed by atoms with Gasteiger partial charge in [0, 0.05) is 0 Å². The molecule has 0 saturated carbocycles. The monoisotopic (exact) mass is 239 g/mol. The zero-order valence-electron chi connectivity index (χ0n) is 10.9. The second kappa shape index (κ2) is 5.87. The second-order valence-electron chi connectivity index (χ2n) is 5.24. The van der Waals surface area contributed by atoms with Crippen LogP contribution in [0, 0.1) is 5.92 Å². The lowest BCUT2D eigenvalue weighted by molar-refractivity contribution is -0.00115. The zero-order chi connectivity index (χ0) is 12.9. The van der Waals surface area contributed by atoms with E-state index in [-0.39, 0.29) is 0 Å². The first-order valence-corrected chi connectivity index (χ1v) is 5.85. The maximum Gasteiger partial charge on any atom is 0.431 e. The van der Waals surface area contributed by atoms with E-state index in [0.717, 1.165) is 12.0 Å². The van der Waals surface area contributed by atoms with Crippen molar-refractivity contribution < 1.29 is 14.4 Å². The molecule has 0 bridgehead atoms. The molecular weight excluding hydrogens is 218 g/mol. The Morgan fingerprint density at radius 2 is 2.24 bits per heavy atom. The summed E-state index contributed by atoms with van der Waals surface area (Å²) in [6.45, 7) is 7.94. The van der Waals surface area contributed by atoms with Crippen LogP contribution in [0.5, 0.6) is 0 Å². The molecule has 4 heteroatoms. The Hall–Kier alpha value is -1.29. The Morgan fingerprint density at radius 3 is 2.76 bits per heavy atom. The van der Waals surface area contributed by atoms with Gasteiger partial charge in [0.25, 0.3) is 0 Å². The van der Waals surface area contributed by atoms with E-state index in [1.54, 1.807) is 20.8 Å². The molecule has 1 amide bonds. The Bertz CT molecular complexity index is 326. The minimum atomic E-state index is -0.564. The third kappa shape index (κ3) is 6.12. The molecule has 0 heterocycles. The maximum atomic E-state index is 11.3. The van der Waals surface area contributed by atoms with Gasteiger partial charge in [0.05, 0.1) is 6.61 Å². The Kier molecular flexibility index (Phi) is 4.75. The molecule has 1 aliphatic rings. The first-order chi connectivity index (χ1) is 7.87. The summed E-state index contributed by atoms with van der Waals surface area (Å²) >= 11 is 0. The normalized spacial score (nSPS) is 19.8. The minimum absolute atomic E-state index is 0.364. The van der Waals surface area contributed by atoms with Crippen molar-refractivity contribution in [3.63, 3.8) is 0 Å². The van der Waals surface area contributed by atoms with E-state index >= 15 is 0 Å². The number of carbonyl (C=O) groups excluding carboxylic acids is 1. The number of hydroxylamine groups is 1. The highest BCUT2D eigenvalue weighted by molar-refractivity contribution is 5.66. The number of hydrogen-bond donors (Lipinski definition) is 1. The van der Waals surface area contributed by atoms with Crippen LogP contribution in [0.2, 0.25) is 0 Å². The first kappa shape index (κ1) is 13.8. The Labute approximate surface area is 103 Å². The molecule has 1 atom stereocenters. The highest BCUT2D eigenvalue weighted by atomic mass is 16.7. The van der Waals surface area contributed by atoms with Crippen molar-refractivity contribution in [3.05, 3.63) is 23.8 Å². The molecule has 17 heavy (non-hydrogen) atoms. The number of amides is 1. The molecule has 0 spiro atoms. The van der Waals surface area contributed by atoms with E-state index in [4.69, 9.17) is 9.57 Å². The van der Waals surface area contributed by atoms with Gasteiger partial charge in [0.1, 0.15) is 5.60 Å². The van der Waals surface area contributed by atoms with Crippen molar-refractivity contribution in [2.75, 3.05) is 6.61 Å². The molecule has 4 nitrogen and oxygen atoms in total. The van der Waals surface area contributed by atoms with Gasteiger partial charge in [-0.1, -0.05) is 25.2 Å². The largest absolute Gasteiger partial charge is 0.442 e. The Balaban J connectivity index is 2.20. The van der Waals surface area contributed by atoms with Crippen LogP contribution in [-0.4, -0.2) is 18.3 Å². The fourth-order valence-corrected chi connectivity index (χ4v) is 1.36. The van der Waals surface area contributed by atoms with Gasteiger partial charge in [-0.05, 0) is 38.7 Å². The summed E-state index contributed by atoms with van der Waals surface area (Å²) in [5, 5.41) is 0. The van der Waals surface area contributed by atoms with Gasteiger partial charge >= 0.3 is 6.09 Å². The van der Waals surface area contributed by atoms with Crippen LogP contribution in [0.3, 0.4) is 0 Å². The molecule has 0 aliphatic heterocycles. The average molecular weight is 239 g/mol. The van der Waals surface area contributed by atoms with Crippen LogP contribution in [-0.2, 0) is 9.57 Å². The zero-order valence-corrected chi connectivity index (χ0v) is 10.9. The van der Waals surface area contributed by atoms with Crippen molar-refractivity contribution in [1.29, 1.82) is 0 Å². The van der Waals surface area contributed by atoms with Crippen molar-refractivity contribution in [2.45, 2.75) is 39.7 Å². The molecule has 1 aliphatic carbocycles. The van der Waals surface area contributed by atoms with E-state index in [1.807, 2.05) is 6.08 Å². The van der Waals surface area contributed by atoms with E-state index in [1.165, 1.54) is 0 Å². The van der Waals surface area contributed by atoms with Crippen molar-refractivity contribution in [2.24, 2.45) is 5.92 Å². The summed E-state index contributed by atoms with van der Waals surface area (Å²) in [4.78, 5) is 16.3. The number of allylic oxidation sites excluding steroid dienone is 2. The van der Waals surface area contributed by atoms with E-state index in [9.17, 15) is 4.79 Å². The van der Waals surface area contributed by atoms with E-state index in [2.05, 4.69) is 24.6 Å². The van der Waals surface area contributed by atoms with Crippen LogP contribution in [0.25, 0.3) is 0 Å². The van der Waals surface area contributed by atoms with Gasteiger partial charge in [-0.15, -0.1) is 0 Å². The molecule has 0 radical (unpaired) electrons. The molecule has 1 rings (SSSR count). The molecule has 0 fully saturated rings. The molecular formula is C13H21NO3. The number of carbonyl (C=O) groups is 1. The van der Waals surface area contributed by atoms with Crippen LogP contribution in [0.4, 0.5) is 4.79 Å². The number of rotatable bonds is 3. The molecule has 96 valence electrons. The summed E-state index contributed by atoms with van der Waals surface area (Å²) in [7, 11) is 0. The SMILES string of the molecule is CC1C=CC(CONC(=O)OC(C)(C)C)=CC1. The van der Waals surface area contributed by atoms with Crippen LogP contribution >= 0.6 is 0 Å². The summed E-state index contributed by atoms with van der Waals surface area (Å²) in [5.74, 6) is 0.581. The number of nitrogens with one attached hydrogen (secondary N) is 1. The van der Waals surface area contributed by atoms with Crippen LogP contribution in [0.15, 0.2) is 23.8 Å². The van der Waals surface area contributed by atoms with Crippen LogP contribution in [0.1, 0.15) is 34.1 Å². The molecule has 0 aromatic carbocycles. The molecule has 0 aromatic heterocycles. The third-order valence-corrected chi connectivity index (χ3v) is 2.18. The quantitative estimate of drug-likeness (QED) is 0.770. The summed E-state index contributed by atoms with van der Waals surface area (Å²) in [6, 6.07) is 0. The summed E-state index contributed by atoms with van der Waals surface area (Å²) < 4.78 is 5.03. The fraction of sp³-hybridized carbons (Fsp3) is 0.615. The first-order valence-electron chi connectivity index (χ1n) is 5.85. The van der Waals surface area contributed by atoms with E-state index in [0.29, 0.717) is 12.5 Å². The lowest BCUT2D eigenvalue weighted by Gasteiger charge is -2.19. The van der Waals surface area contributed by atoms with Gasteiger partial charge in [0.15, 0.2) is 0 Å². The van der Waals surface area contributed by atoms with Gasteiger partial charge in [-0.2, -0.15) is 5.48 Å². The minimum Gasteiger partial charge on any atom is -0.442 e. The van der Waals surface area contributed by atoms with Gasteiger partial charge in [-0.25, -0.2) is 4.79 Å². The van der Waals surface area contributed by atoms with E-state index < -0.39 is 11.7 Å². The Morgan fingerprint density at radius 1 is 1.53 bits per heavy atom. The number of ether oxygens (including phenoxy) is 1. The topological polar surface area (TPSA) is 47.6 Å². The fourth-order valence-electron chi connectivity index (χ4n) is 1.36. The van der Waals surface area contributed by atoms with Gasteiger partial charge in [0.2, 0.25) is 0 Å². The predicted molar refractivity (Wildman–Crippen MR) is 66.3 cm³/mol. The maximum absolute atomic E-state index is 11.3. The molecule has 1 unspecified atom stereocenters. The standard InChI is InChI=1S/C13H21NO3/c1-10-5-7-11(8-6-10)9-16-14-12(15)17-13(2,3)4/h5,7-8,10H,6,9H2,1-4H3,(H,14,15). The number of hydrogen-bond acceptors (Lipinski definition) is 3. The molecule has 0 saturated heterocycles. The third-order valence-electron chi connectivity index (χ3n) is 2.18. The van der Waals surface area contributed by atoms with Gasteiger partial charge < -0.3 is 4.74 Å². The highest BCUT2D eigenvalue weighted by Gasteiger charge is 2.16. The second-order valence-corrected chi connectivity index (χ2v) is 5.24. The summed E-state index contributed by atoms with van der Waals surface area (Å²) in [6.07, 6.45) is 6.71. The smallest absolute Gasteiger partial charge is 0.431 e. The van der Waals surface area contributed by atoms with Crippen molar-refractivity contribution in [1.82, 2.24) is 5.48 Å². The van der Waals surface area contributed by atoms with Crippen LogP contribution < -0.4 is 5.48 Å². The van der Waals surface area contributed by atoms with Crippen molar-refractivity contribution in [3.8, 4) is 0 Å².